The second-order valence-electron chi connectivity index (χ2n) is 6.39. The fraction of sp³-hybridized carbons (Fsp3) is 0.273. The minimum atomic E-state index is 0.110. The minimum Gasteiger partial charge on any atom is -0.370 e. The summed E-state index contributed by atoms with van der Waals surface area (Å²) in [6.07, 6.45) is 11.5. The summed E-state index contributed by atoms with van der Waals surface area (Å²) in [6.45, 7) is 1.42. The number of hydrogen-bond acceptors (Lipinski definition) is 3. The Bertz CT molecular complexity index is 781. The van der Waals surface area contributed by atoms with Crippen LogP contribution in [0.25, 0.3) is 6.08 Å². The summed E-state index contributed by atoms with van der Waals surface area (Å²) < 4.78 is 0. The zero-order valence-electron chi connectivity index (χ0n) is 14.9. The van der Waals surface area contributed by atoms with E-state index < -0.39 is 0 Å². The van der Waals surface area contributed by atoms with Crippen LogP contribution in [0.3, 0.4) is 0 Å². The van der Waals surface area contributed by atoms with Crippen LogP contribution < -0.4 is 10.6 Å². The molecule has 0 bridgehead atoms. The molecule has 1 heterocycles. The van der Waals surface area contributed by atoms with Gasteiger partial charge in [-0.1, -0.05) is 48.6 Å². The highest BCUT2D eigenvalue weighted by molar-refractivity contribution is 5.76. The van der Waals surface area contributed by atoms with E-state index in [2.05, 4.69) is 58.1 Å². The number of hydrogen-bond donors (Lipinski definition) is 2. The lowest BCUT2D eigenvalue weighted by Gasteiger charge is -2.07. The number of pyridine rings is 1. The molecule has 0 saturated carbocycles. The van der Waals surface area contributed by atoms with E-state index in [9.17, 15) is 4.79 Å². The van der Waals surface area contributed by atoms with Crippen LogP contribution >= 0.6 is 0 Å². The van der Waals surface area contributed by atoms with E-state index in [1.54, 1.807) is 6.20 Å². The van der Waals surface area contributed by atoms with Crippen molar-refractivity contribution in [3.05, 3.63) is 77.5 Å². The summed E-state index contributed by atoms with van der Waals surface area (Å²) in [5.74, 6) is 0.990. The number of unbranched alkanes of at least 4 members (excludes halogenated alkanes) is 1. The van der Waals surface area contributed by atoms with Gasteiger partial charge in [0.25, 0.3) is 0 Å². The lowest BCUT2D eigenvalue weighted by atomic mass is 10.1. The first-order valence-electron chi connectivity index (χ1n) is 9.18. The Morgan fingerprint density at radius 1 is 1.04 bits per heavy atom. The van der Waals surface area contributed by atoms with Gasteiger partial charge in [-0.2, -0.15) is 0 Å². The van der Waals surface area contributed by atoms with Crippen molar-refractivity contribution in [3.8, 4) is 0 Å². The van der Waals surface area contributed by atoms with Gasteiger partial charge in [-0.25, -0.2) is 4.98 Å². The third-order valence-electron chi connectivity index (χ3n) is 4.41. The number of nitrogens with zero attached hydrogens (tertiary/aromatic N) is 1. The first-order chi connectivity index (χ1) is 12.8. The van der Waals surface area contributed by atoms with Gasteiger partial charge in [0.2, 0.25) is 5.91 Å². The maximum Gasteiger partial charge on any atom is 0.220 e. The van der Waals surface area contributed by atoms with Gasteiger partial charge in [-0.3, -0.25) is 4.79 Å². The van der Waals surface area contributed by atoms with Crippen molar-refractivity contribution in [1.29, 1.82) is 0 Å². The second kappa shape index (κ2) is 9.56. The predicted molar refractivity (Wildman–Crippen MR) is 107 cm³/mol. The molecule has 0 unspecified atom stereocenters. The van der Waals surface area contributed by atoms with Crippen LogP contribution in [0.15, 0.2) is 66.4 Å². The van der Waals surface area contributed by atoms with Gasteiger partial charge in [0, 0.05) is 25.7 Å². The largest absolute Gasteiger partial charge is 0.370 e. The molecule has 2 aromatic rings. The van der Waals surface area contributed by atoms with E-state index in [1.807, 2.05) is 18.2 Å². The van der Waals surface area contributed by atoms with Gasteiger partial charge in [0.1, 0.15) is 5.82 Å². The third-order valence-corrected chi connectivity index (χ3v) is 4.41. The lowest BCUT2D eigenvalue weighted by Crippen LogP contribution is -2.25. The number of carbonyl (C=O) groups excluding carboxylic acids is 1. The first kappa shape index (κ1) is 17.9. The van der Waals surface area contributed by atoms with Crippen LogP contribution in [0.5, 0.6) is 0 Å². The molecule has 1 aliphatic rings. The van der Waals surface area contributed by atoms with Gasteiger partial charge in [-0.15, -0.1) is 0 Å². The van der Waals surface area contributed by atoms with E-state index >= 15 is 0 Å². The summed E-state index contributed by atoms with van der Waals surface area (Å²) in [5.41, 5.74) is 3.74. The molecule has 0 saturated heterocycles. The average molecular weight is 347 g/mol. The highest BCUT2D eigenvalue weighted by atomic mass is 16.1. The number of aromatic nitrogens is 1. The molecule has 2 N–H and O–H groups in total. The van der Waals surface area contributed by atoms with Gasteiger partial charge >= 0.3 is 0 Å². The van der Waals surface area contributed by atoms with Gasteiger partial charge in [-0.05, 0) is 48.1 Å². The second-order valence-corrected chi connectivity index (χ2v) is 6.39. The number of rotatable bonds is 8. The van der Waals surface area contributed by atoms with Gasteiger partial charge < -0.3 is 10.6 Å². The predicted octanol–water partition coefficient (Wildman–Crippen LogP) is 3.98. The normalized spacial score (nSPS) is 12.7. The third kappa shape index (κ3) is 5.59. The average Bonchev–Trinajstić information content (AvgIpc) is 2.89. The first-order valence-corrected chi connectivity index (χ1v) is 9.18. The molecule has 0 atom stereocenters. The fourth-order valence-corrected chi connectivity index (χ4v) is 2.90. The number of benzene rings is 1. The number of anilines is 1. The summed E-state index contributed by atoms with van der Waals surface area (Å²) >= 11 is 0. The topological polar surface area (TPSA) is 54.0 Å². The SMILES string of the molecule is O=C(CCCCNc1ccccn1)NCC1=CCc2ccccc2C=C1. The Kier molecular flexibility index (Phi) is 6.59. The molecule has 1 amide bonds. The molecule has 0 radical (unpaired) electrons. The highest BCUT2D eigenvalue weighted by Gasteiger charge is 2.05. The smallest absolute Gasteiger partial charge is 0.220 e. The zero-order chi connectivity index (χ0) is 18.0. The Balaban J connectivity index is 1.32. The molecular formula is C22H25N3O. The molecule has 134 valence electrons. The molecule has 3 rings (SSSR count). The van der Waals surface area contributed by atoms with Crippen molar-refractivity contribution in [2.24, 2.45) is 0 Å². The van der Waals surface area contributed by atoms with Crippen molar-refractivity contribution in [3.63, 3.8) is 0 Å². The van der Waals surface area contributed by atoms with Crippen molar-refractivity contribution in [2.75, 3.05) is 18.4 Å². The summed E-state index contributed by atoms with van der Waals surface area (Å²) in [6, 6.07) is 14.2. The maximum absolute atomic E-state index is 12.0. The number of fused-ring (bicyclic) bond motifs is 1. The zero-order valence-corrected chi connectivity index (χ0v) is 14.9. The molecule has 26 heavy (non-hydrogen) atoms. The quantitative estimate of drug-likeness (QED) is 0.710. The van der Waals surface area contributed by atoms with E-state index in [4.69, 9.17) is 0 Å². The van der Waals surface area contributed by atoms with Crippen LogP contribution in [0.2, 0.25) is 0 Å². The highest BCUT2D eigenvalue weighted by Crippen LogP contribution is 2.17. The van der Waals surface area contributed by atoms with Crippen molar-refractivity contribution >= 4 is 17.8 Å². The molecule has 4 nitrogen and oxygen atoms in total. The molecule has 0 spiro atoms. The number of amides is 1. The molecule has 4 heteroatoms. The summed E-state index contributed by atoms with van der Waals surface area (Å²) in [4.78, 5) is 16.2. The number of nitrogens with one attached hydrogen (secondary N) is 2. The van der Waals surface area contributed by atoms with Crippen LogP contribution in [0, 0.1) is 0 Å². The number of carbonyl (C=O) groups is 1. The molecular weight excluding hydrogens is 322 g/mol. The Labute approximate surface area is 155 Å². The molecule has 0 fully saturated rings. The van der Waals surface area contributed by atoms with E-state index in [-0.39, 0.29) is 5.91 Å². The van der Waals surface area contributed by atoms with Crippen molar-refractivity contribution in [2.45, 2.75) is 25.7 Å². The van der Waals surface area contributed by atoms with E-state index in [0.29, 0.717) is 13.0 Å². The minimum absolute atomic E-state index is 0.110. The Morgan fingerprint density at radius 2 is 1.92 bits per heavy atom. The Hall–Kier alpha value is -2.88. The van der Waals surface area contributed by atoms with Crippen LogP contribution in [-0.2, 0) is 11.2 Å². The summed E-state index contributed by atoms with van der Waals surface area (Å²) in [5, 5.41) is 6.28. The standard InChI is InChI=1S/C22H25N3O/c26-22(10-4-6-16-24-21-9-3-5-15-23-21)25-17-18-11-13-19-7-1-2-8-20(19)14-12-18/h1-3,5,7-9,11-13,15H,4,6,10,14,16-17H2,(H,23,24)(H,25,26). The van der Waals surface area contributed by atoms with Crippen molar-refractivity contribution < 1.29 is 4.79 Å². The molecule has 1 aliphatic carbocycles. The van der Waals surface area contributed by atoms with Crippen LogP contribution in [0.4, 0.5) is 5.82 Å². The molecule has 1 aromatic carbocycles. The number of allylic oxidation sites excluding steroid dienone is 1. The lowest BCUT2D eigenvalue weighted by molar-refractivity contribution is -0.121. The van der Waals surface area contributed by atoms with E-state index in [1.165, 1.54) is 11.1 Å². The molecule has 1 aromatic heterocycles. The fourth-order valence-electron chi connectivity index (χ4n) is 2.90. The Morgan fingerprint density at radius 3 is 2.81 bits per heavy atom. The van der Waals surface area contributed by atoms with E-state index in [0.717, 1.165) is 37.2 Å². The summed E-state index contributed by atoms with van der Waals surface area (Å²) in [7, 11) is 0. The van der Waals surface area contributed by atoms with Gasteiger partial charge in [0.05, 0.1) is 0 Å². The molecule has 0 aliphatic heterocycles. The van der Waals surface area contributed by atoms with Crippen molar-refractivity contribution in [1.82, 2.24) is 10.3 Å². The monoisotopic (exact) mass is 347 g/mol. The van der Waals surface area contributed by atoms with Gasteiger partial charge in [0.15, 0.2) is 0 Å². The van der Waals surface area contributed by atoms with Crippen LogP contribution in [-0.4, -0.2) is 24.0 Å². The van der Waals surface area contributed by atoms with Crippen LogP contribution in [0.1, 0.15) is 30.4 Å². The maximum atomic E-state index is 12.0.